The Balaban J connectivity index is 1.76. The molecule has 0 saturated carbocycles. The van der Waals surface area contributed by atoms with Crippen LogP contribution in [0.3, 0.4) is 0 Å². The molecule has 1 aromatic heterocycles. The van der Waals surface area contributed by atoms with Crippen molar-refractivity contribution in [2.24, 2.45) is 0 Å². The molecule has 0 amide bonds. The van der Waals surface area contributed by atoms with Crippen LogP contribution in [0.2, 0.25) is 5.02 Å². The van der Waals surface area contributed by atoms with Crippen molar-refractivity contribution < 1.29 is 9.13 Å². The molecule has 0 bridgehead atoms. The molecule has 0 aliphatic heterocycles. The molecule has 0 spiro atoms. The maximum absolute atomic E-state index is 14.8. The minimum Gasteiger partial charge on any atom is -0.488 e. The first kappa shape index (κ1) is 17.1. The second-order valence-corrected chi connectivity index (χ2v) is 7.30. The number of ether oxygens (including phenoxy) is 1. The molecule has 5 heteroatoms. The largest absolute Gasteiger partial charge is 0.488 e. The summed E-state index contributed by atoms with van der Waals surface area (Å²) < 4.78 is 21.3. The summed E-state index contributed by atoms with van der Waals surface area (Å²) in [6, 6.07) is 20.4. The Morgan fingerprint density at radius 2 is 1.81 bits per heavy atom. The van der Waals surface area contributed by atoms with Crippen LogP contribution in [0.1, 0.15) is 5.56 Å². The van der Waals surface area contributed by atoms with Crippen molar-refractivity contribution in [3.05, 3.63) is 87.6 Å². The van der Waals surface area contributed by atoms with Gasteiger partial charge in [-0.15, -0.1) is 0 Å². The molecule has 0 aliphatic carbocycles. The Hall–Kier alpha value is -2.30. The number of halogens is 3. The van der Waals surface area contributed by atoms with E-state index in [0.717, 1.165) is 16.5 Å². The normalized spacial score (nSPS) is 11.0. The number of nitrogens with one attached hydrogen (secondary N) is 1. The first-order valence-corrected chi connectivity index (χ1v) is 9.22. The standard InChI is InChI=1S/C21H14BrClFNO/c22-15-10-17(24)21(19-9-14-8-16(23)6-7-18(14)25-19)20(11-15)26-12-13-4-2-1-3-5-13/h1-11,25H,12H2. The highest BCUT2D eigenvalue weighted by molar-refractivity contribution is 9.10. The summed E-state index contributed by atoms with van der Waals surface area (Å²) in [4.78, 5) is 3.24. The third-order valence-electron chi connectivity index (χ3n) is 4.11. The molecule has 0 radical (unpaired) electrons. The zero-order valence-electron chi connectivity index (χ0n) is 13.6. The monoisotopic (exact) mass is 429 g/mol. The van der Waals surface area contributed by atoms with Crippen molar-refractivity contribution >= 4 is 38.4 Å². The highest BCUT2D eigenvalue weighted by Crippen LogP contribution is 2.37. The van der Waals surface area contributed by atoms with Crippen LogP contribution in [0.15, 0.2) is 71.2 Å². The van der Waals surface area contributed by atoms with Crippen LogP contribution in [0.25, 0.3) is 22.2 Å². The van der Waals surface area contributed by atoms with Gasteiger partial charge in [0, 0.05) is 20.4 Å². The summed E-state index contributed by atoms with van der Waals surface area (Å²) >= 11 is 9.40. The predicted octanol–water partition coefficient (Wildman–Crippen LogP) is 6.97. The summed E-state index contributed by atoms with van der Waals surface area (Å²) in [5.41, 5.74) is 2.95. The van der Waals surface area contributed by atoms with Gasteiger partial charge in [-0.25, -0.2) is 4.39 Å². The van der Waals surface area contributed by atoms with Gasteiger partial charge in [-0.3, -0.25) is 0 Å². The number of aromatic amines is 1. The van der Waals surface area contributed by atoms with Gasteiger partial charge in [-0.2, -0.15) is 0 Å². The van der Waals surface area contributed by atoms with Gasteiger partial charge in [0.05, 0.1) is 11.3 Å². The average molecular weight is 431 g/mol. The first-order valence-electron chi connectivity index (χ1n) is 8.04. The molecular formula is C21H14BrClFNO. The lowest BCUT2D eigenvalue weighted by Crippen LogP contribution is -1.99. The fourth-order valence-electron chi connectivity index (χ4n) is 2.90. The zero-order valence-corrected chi connectivity index (χ0v) is 15.9. The van der Waals surface area contributed by atoms with Crippen molar-refractivity contribution in [2.45, 2.75) is 6.61 Å². The van der Waals surface area contributed by atoms with Gasteiger partial charge in [-0.05, 0) is 42.0 Å². The second kappa shape index (κ2) is 7.14. The van der Waals surface area contributed by atoms with Gasteiger partial charge in [0.2, 0.25) is 0 Å². The Labute approximate surface area is 163 Å². The van der Waals surface area contributed by atoms with Crippen LogP contribution < -0.4 is 4.74 Å². The van der Waals surface area contributed by atoms with Crippen molar-refractivity contribution in [1.29, 1.82) is 0 Å². The molecule has 130 valence electrons. The van der Waals surface area contributed by atoms with Gasteiger partial charge in [0.1, 0.15) is 18.2 Å². The van der Waals surface area contributed by atoms with Gasteiger partial charge < -0.3 is 9.72 Å². The minimum absolute atomic E-state index is 0.357. The number of hydrogen-bond acceptors (Lipinski definition) is 1. The van der Waals surface area contributed by atoms with Gasteiger partial charge in [-0.1, -0.05) is 57.9 Å². The third kappa shape index (κ3) is 3.48. The fourth-order valence-corrected chi connectivity index (χ4v) is 3.49. The molecule has 4 rings (SSSR count). The average Bonchev–Trinajstić information content (AvgIpc) is 3.02. The van der Waals surface area contributed by atoms with E-state index in [1.807, 2.05) is 48.5 Å². The summed E-state index contributed by atoms with van der Waals surface area (Å²) in [7, 11) is 0. The Bertz CT molecular complexity index is 1080. The van der Waals surface area contributed by atoms with Crippen LogP contribution in [0, 0.1) is 5.82 Å². The Kier molecular flexibility index (Phi) is 4.70. The highest BCUT2D eigenvalue weighted by Gasteiger charge is 2.16. The molecule has 26 heavy (non-hydrogen) atoms. The Morgan fingerprint density at radius 1 is 1.00 bits per heavy atom. The second-order valence-electron chi connectivity index (χ2n) is 5.95. The summed E-state index contributed by atoms with van der Waals surface area (Å²) in [6.45, 7) is 0.357. The molecular weight excluding hydrogens is 417 g/mol. The number of rotatable bonds is 4. The molecule has 0 atom stereocenters. The molecule has 0 aliphatic rings. The lowest BCUT2D eigenvalue weighted by Gasteiger charge is -2.12. The van der Waals surface area contributed by atoms with E-state index in [1.165, 1.54) is 6.07 Å². The van der Waals surface area contributed by atoms with E-state index in [2.05, 4.69) is 20.9 Å². The van der Waals surface area contributed by atoms with Gasteiger partial charge >= 0.3 is 0 Å². The fraction of sp³-hybridized carbons (Fsp3) is 0.0476. The SMILES string of the molecule is Fc1cc(Br)cc(OCc2ccccc2)c1-c1cc2cc(Cl)ccc2[nH]1. The minimum atomic E-state index is -0.361. The summed E-state index contributed by atoms with van der Waals surface area (Å²) in [5.74, 6) is 0.110. The molecule has 4 aromatic rings. The molecule has 1 N–H and O–H groups in total. The molecule has 0 saturated heterocycles. The lowest BCUT2D eigenvalue weighted by atomic mass is 10.1. The molecule has 0 fully saturated rings. The van der Waals surface area contributed by atoms with Crippen LogP contribution in [0.5, 0.6) is 5.75 Å². The van der Waals surface area contributed by atoms with Crippen LogP contribution in [0.4, 0.5) is 4.39 Å². The maximum atomic E-state index is 14.8. The van der Waals surface area contributed by atoms with Crippen molar-refractivity contribution in [3.8, 4) is 17.0 Å². The van der Waals surface area contributed by atoms with E-state index in [9.17, 15) is 4.39 Å². The zero-order chi connectivity index (χ0) is 18.1. The van der Waals surface area contributed by atoms with E-state index >= 15 is 0 Å². The van der Waals surface area contributed by atoms with E-state index in [1.54, 1.807) is 12.1 Å². The smallest absolute Gasteiger partial charge is 0.137 e. The third-order valence-corrected chi connectivity index (χ3v) is 4.80. The molecule has 2 nitrogen and oxygen atoms in total. The van der Waals surface area contributed by atoms with Crippen molar-refractivity contribution in [1.82, 2.24) is 4.98 Å². The van der Waals surface area contributed by atoms with E-state index < -0.39 is 0 Å². The van der Waals surface area contributed by atoms with E-state index in [-0.39, 0.29) is 5.82 Å². The van der Waals surface area contributed by atoms with Gasteiger partial charge in [0.25, 0.3) is 0 Å². The lowest BCUT2D eigenvalue weighted by molar-refractivity contribution is 0.306. The molecule has 3 aromatic carbocycles. The van der Waals surface area contributed by atoms with Gasteiger partial charge in [0.15, 0.2) is 0 Å². The number of benzene rings is 3. The van der Waals surface area contributed by atoms with Crippen molar-refractivity contribution in [3.63, 3.8) is 0 Å². The Morgan fingerprint density at radius 3 is 2.62 bits per heavy atom. The van der Waals surface area contributed by atoms with Crippen molar-refractivity contribution in [2.75, 3.05) is 0 Å². The number of H-pyrrole nitrogens is 1. The number of hydrogen-bond donors (Lipinski definition) is 1. The molecule has 1 heterocycles. The quantitative estimate of drug-likeness (QED) is 0.371. The highest BCUT2D eigenvalue weighted by atomic mass is 79.9. The van der Waals surface area contributed by atoms with Crippen LogP contribution in [-0.4, -0.2) is 4.98 Å². The van der Waals surface area contributed by atoms with Crippen LogP contribution in [-0.2, 0) is 6.61 Å². The maximum Gasteiger partial charge on any atom is 0.137 e. The number of fused-ring (bicyclic) bond motifs is 1. The van der Waals surface area contributed by atoms with E-state index in [0.29, 0.717) is 33.1 Å². The summed E-state index contributed by atoms with van der Waals surface area (Å²) in [5, 5.41) is 1.56. The summed E-state index contributed by atoms with van der Waals surface area (Å²) in [6.07, 6.45) is 0. The van der Waals surface area contributed by atoms with Crippen LogP contribution >= 0.6 is 27.5 Å². The number of aromatic nitrogens is 1. The molecule has 0 unspecified atom stereocenters. The first-order chi connectivity index (χ1) is 12.6. The van der Waals surface area contributed by atoms with E-state index in [4.69, 9.17) is 16.3 Å². The topological polar surface area (TPSA) is 25.0 Å². The predicted molar refractivity (Wildman–Crippen MR) is 107 cm³/mol.